The van der Waals surface area contributed by atoms with Gasteiger partial charge in [0, 0.05) is 22.1 Å². The molecule has 1 heterocycles. The normalized spacial score (nSPS) is 16.9. The molecule has 1 atom stereocenters. The predicted octanol–water partition coefficient (Wildman–Crippen LogP) is 8.05. The SMILES string of the molecule is CC1(C)C(c2ccccc2)=NN(c2ccc(CNc3cccc(Br)c3)cc2)[C@@H]1c1ccccc1. The predicted molar refractivity (Wildman–Crippen MR) is 146 cm³/mol. The van der Waals surface area contributed by atoms with Crippen molar-refractivity contribution in [3.63, 3.8) is 0 Å². The number of halogens is 1. The molecule has 0 amide bonds. The summed E-state index contributed by atoms with van der Waals surface area (Å²) in [5.74, 6) is 0. The van der Waals surface area contributed by atoms with Crippen LogP contribution in [0.5, 0.6) is 0 Å². The second-order valence-corrected chi connectivity index (χ2v) is 10.1. The summed E-state index contributed by atoms with van der Waals surface area (Å²) in [7, 11) is 0. The van der Waals surface area contributed by atoms with Crippen LogP contribution in [0.2, 0.25) is 0 Å². The van der Waals surface area contributed by atoms with Crippen LogP contribution in [0.4, 0.5) is 11.4 Å². The first kappa shape index (κ1) is 22.4. The van der Waals surface area contributed by atoms with Crippen molar-refractivity contribution < 1.29 is 0 Å². The summed E-state index contributed by atoms with van der Waals surface area (Å²) >= 11 is 3.53. The first-order valence-corrected chi connectivity index (χ1v) is 12.4. The van der Waals surface area contributed by atoms with E-state index in [-0.39, 0.29) is 11.5 Å². The third kappa shape index (κ3) is 4.51. The lowest BCUT2D eigenvalue weighted by Gasteiger charge is -2.33. The van der Waals surface area contributed by atoms with Gasteiger partial charge in [0.25, 0.3) is 0 Å². The third-order valence-corrected chi connectivity index (χ3v) is 6.92. The van der Waals surface area contributed by atoms with Crippen LogP contribution >= 0.6 is 15.9 Å². The number of hydrogen-bond donors (Lipinski definition) is 1. The zero-order chi connectivity index (χ0) is 23.5. The van der Waals surface area contributed by atoms with Gasteiger partial charge in [0.1, 0.15) is 0 Å². The van der Waals surface area contributed by atoms with E-state index < -0.39 is 0 Å². The highest BCUT2D eigenvalue weighted by Crippen LogP contribution is 2.48. The third-order valence-electron chi connectivity index (χ3n) is 6.43. The Kier molecular flexibility index (Phi) is 6.25. The van der Waals surface area contributed by atoms with Gasteiger partial charge in [0.15, 0.2) is 0 Å². The Balaban J connectivity index is 1.45. The molecule has 4 heteroatoms. The van der Waals surface area contributed by atoms with Crippen molar-refractivity contribution in [2.45, 2.75) is 26.4 Å². The van der Waals surface area contributed by atoms with Gasteiger partial charge in [-0.05, 0) is 47.0 Å². The highest BCUT2D eigenvalue weighted by atomic mass is 79.9. The maximum atomic E-state index is 5.20. The van der Waals surface area contributed by atoms with Crippen LogP contribution in [0.15, 0.2) is 119 Å². The Morgan fingerprint density at radius 3 is 2.18 bits per heavy atom. The fourth-order valence-corrected chi connectivity index (χ4v) is 5.12. The van der Waals surface area contributed by atoms with Crippen molar-refractivity contribution in [2.75, 3.05) is 10.3 Å². The summed E-state index contributed by atoms with van der Waals surface area (Å²) < 4.78 is 1.07. The van der Waals surface area contributed by atoms with E-state index in [9.17, 15) is 0 Å². The summed E-state index contributed by atoms with van der Waals surface area (Å²) in [6, 6.07) is 38.3. The second kappa shape index (κ2) is 9.47. The Labute approximate surface area is 210 Å². The molecule has 1 aliphatic rings. The molecule has 4 aromatic rings. The minimum atomic E-state index is -0.163. The number of nitrogens with one attached hydrogen (secondary N) is 1. The van der Waals surface area contributed by atoms with Gasteiger partial charge in [-0.25, -0.2) is 0 Å². The quantitative estimate of drug-likeness (QED) is 0.284. The van der Waals surface area contributed by atoms with Gasteiger partial charge < -0.3 is 5.32 Å². The molecule has 0 saturated heterocycles. The van der Waals surface area contributed by atoms with Crippen molar-refractivity contribution in [1.29, 1.82) is 0 Å². The summed E-state index contributed by atoms with van der Waals surface area (Å²) in [6.45, 7) is 5.36. The number of hydrogen-bond acceptors (Lipinski definition) is 3. The Morgan fingerprint density at radius 1 is 0.824 bits per heavy atom. The van der Waals surface area contributed by atoms with E-state index in [2.05, 4.69) is 137 Å². The van der Waals surface area contributed by atoms with E-state index in [1.54, 1.807) is 0 Å². The van der Waals surface area contributed by atoms with E-state index in [0.29, 0.717) is 0 Å². The molecular weight excluding hydrogens is 482 g/mol. The number of nitrogens with zero attached hydrogens (tertiary/aromatic N) is 2. The number of benzene rings is 4. The summed E-state index contributed by atoms with van der Waals surface area (Å²) in [5, 5.41) is 10.9. The first-order chi connectivity index (χ1) is 16.5. The molecule has 0 bridgehead atoms. The summed E-state index contributed by atoms with van der Waals surface area (Å²) in [6.07, 6.45) is 0. The Hall–Kier alpha value is -3.37. The molecule has 1 aliphatic heterocycles. The van der Waals surface area contributed by atoms with Crippen LogP contribution in [0.25, 0.3) is 0 Å². The second-order valence-electron chi connectivity index (χ2n) is 9.22. The molecule has 0 saturated carbocycles. The fraction of sp³-hybridized carbons (Fsp3) is 0.167. The van der Waals surface area contributed by atoms with Crippen molar-refractivity contribution in [1.82, 2.24) is 0 Å². The van der Waals surface area contributed by atoms with Crippen LogP contribution in [-0.4, -0.2) is 5.71 Å². The monoisotopic (exact) mass is 509 g/mol. The van der Waals surface area contributed by atoms with Gasteiger partial charge >= 0.3 is 0 Å². The van der Waals surface area contributed by atoms with Crippen LogP contribution in [0.3, 0.4) is 0 Å². The van der Waals surface area contributed by atoms with Crippen molar-refractivity contribution >= 4 is 33.0 Å². The minimum absolute atomic E-state index is 0.106. The van der Waals surface area contributed by atoms with Gasteiger partial charge in [-0.15, -0.1) is 0 Å². The largest absolute Gasteiger partial charge is 0.381 e. The lowest BCUT2D eigenvalue weighted by Crippen LogP contribution is -2.32. The van der Waals surface area contributed by atoms with Gasteiger partial charge in [-0.1, -0.05) is 109 Å². The molecule has 0 spiro atoms. The molecule has 0 radical (unpaired) electrons. The maximum Gasteiger partial charge on any atom is 0.0882 e. The molecule has 1 N–H and O–H groups in total. The number of hydrazone groups is 1. The molecule has 0 aliphatic carbocycles. The van der Waals surface area contributed by atoms with Gasteiger partial charge in [0.2, 0.25) is 0 Å². The van der Waals surface area contributed by atoms with Crippen LogP contribution in [-0.2, 0) is 6.54 Å². The molecule has 0 unspecified atom stereocenters. The van der Waals surface area contributed by atoms with Gasteiger partial charge in [0.05, 0.1) is 17.4 Å². The molecule has 0 fully saturated rings. The zero-order valence-corrected chi connectivity index (χ0v) is 21.0. The molecule has 170 valence electrons. The van der Waals surface area contributed by atoms with Crippen LogP contribution in [0.1, 0.15) is 36.6 Å². The molecule has 0 aromatic heterocycles. The average Bonchev–Trinajstić information content (AvgIpc) is 3.15. The number of anilines is 2. The molecule has 4 aromatic carbocycles. The molecule has 3 nitrogen and oxygen atoms in total. The van der Waals surface area contributed by atoms with Crippen molar-refractivity contribution in [2.24, 2.45) is 10.5 Å². The van der Waals surface area contributed by atoms with E-state index in [4.69, 9.17) is 5.10 Å². The molecule has 34 heavy (non-hydrogen) atoms. The maximum absolute atomic E-state index is 5.20. The summed E-state index contributed by atoms with van der Waals surface area (Å²) in [5.41, 5.74) is 6.81. The lowest BCUT2D eigenvalue weighted by molar-refractivity contribution is 0.425. The number of rotatable bonds is 6. The first-order valence-electron chi connectivity index (χ1n) is 11.6. The lowest BCUT2D eigenvalue weighted by atomic mass is 9.75. The standard InChI is InChI=1S/C30H28BrN3/c1-30(2)28(23-10-5-3-6-11-23)33-34(29(30)24-12-7-4-8-13-24)27-18-16-22(17-19-27)21-32-26-15-9-14-25(31)20-26/h3-20,29,32H,21H2,1-2H3/t29-/m1/s1. The highest BCUT2D eigenvalue weighted by Gasteiger charge is 2.45. The minimum Gasteiger partial charge on any atom is -0.381 e. The van der Waals surface area contributed by atoms with E-state index in [1.165, 1.54) is 16.7 Å². The van der Waals surface area contributed by atoms with E-state index >= 15 is 0 Å². The molecule has 5 rings (SSSR count). The molecular formula is C30H28BrN3. The smallest absolute Gasteiger partial charge is 0.0882 e. The van der Waals surface area contributed by atoms with Crippen LogP contribution in [0, 0.1) is 5.41 Å². The average molecular weight is 510 g/mol. The van der Waals surface area contributed by atoms with E-state index in [1.807, 2.05) is 12.1 Å². The van der Waals surface area contributed by atoms with Gasteiger partial charge in [-0.2, -0.15) is 5.10 Å². The van der Waals surface area contributed by atoms with Gasteiger partial charge in [-0.3, -0.25) is 5.01 Å². The zero-order valence-electron chi connectivity index (χ0n) is 19.4. The Morgan fingerprint density at radius 2 is 1.50 bits per heavy atom. The van der Waals surface area contributed by atoms with Crippen molar-refractivity contribution in [3.05, 3.63) is 130 Å². The van der Waals surface area contributed by atoms with E-state index in [0.717, 1.165) is 28.1 Å². The Bertz CT molecular complexity index is 1280. The highest BCUT2D eigenvalue weighted by molar-refractivity contribution is 9.10. The van der Waals surface area contributed by atoms with Crippen molar-refractivity contribution in [3.8, 4) is 0 Å². The summed E-state index contributed by atoms with van der Waals surface area (Å²) in [4.78, 5) is 0. The topological polar surface area (TPSA) is 27.6 Å². The van der Waals surface area contributed by atoms with Crippen LogP contribution < -0.4 is 10.3 Å². The fourth-order valence-electron chi connectivity index (χ4n) is 4.72.